The summed E-state index contributed by atoms with van der Waals surface area (Å²) in [5.41, 5.74) is 2.73. The Morgan fingerprint density at radius 1 is 1.33 bits per heavy atom. The van der Waals surface area contributed by atoms with E-state index in [0.717, 1.165) is 6.54 Å². The van der Waals surface area contributed by atoms with Crippen molar-refractivity contribution in [3.63, 3.8) is 0 Å². The highest BCUT2D eigenvalue weighted by Gasteiger charge is 2.00. The van der Waals surface area contributed by atoms with Crippen LogP contribution >= 0.6 is 0 Å². The normalized spacial score (nSPS) is 12.7. The van der Waals surface area contributed by atoms with Gasteiger partial charge in [-0.2, -0.15) is 0 Å². The van der Waals surface area contributed by atoms with Crippen molar-refractivity contribution in [2.75, 3.05) is 0 Å². The van der Waals surface area contributed by atoms with Crippen LogP contribution in [0.15, 0.2) is 24.3 Å². The number of hydrogen-bond donors (Lipinski definition) is 1. The van der Waals surface area contributed by atoms with E-state index < -0.39 is 0 Å². The van der Waals surface area contributed by atoms with Crippen molar-refractivity contribution in [3.05, 3.63) is 35.4 Å². The van der Waals surface area contributed by atoms with Gasteiger partial charge in [-0.15, -0.1) is 0 Å². The standard InChI is InChI=1S/C14H23N/c1-4-5-8-13(3)15-11-14-9-6-7-12(2)10-14/h6-7,9-10,13,15H,4-5,8,11H2,1-3H3. The van der Waals surface area contributed by atoms with Gasteiger partial charge in [0.05, 0.1) is 0 Å². The van der Waals surface area contributed by atoms with Crippen molar-refractivity contribution in [2.45, 2.75) is 52.6 Å². The van der Waals surface area contributed by atoms with Gasteiger partial charge in [-0.25, -0.2) is 0 Å². The van der Waals surface area contributed by atoms with Crippen LogP contribution in [0, 0.1) is 6.92 Å². The third kappa shape index (κ3) is 4.98. The molecule has 0 radical (unpaired) electrons. The Labute approximate surface area is 93.9 Å². The first-order chi connectivity index (χ1) is 7.22. The number of nitrogens with one attached hydrogen (secondary N) is 1. The molecule has 1 aromatic rings. The second-order valence-electron chi connectivity index (χ2n) is 4.41. The maximum absolute atomic E-state index is 3.56. The molecular weight excluding hydrogens is 182 g/mol. The molecular formula is C14H23N. The lowest BCUT2D eigenvalue weighted by atomic mass is 10.1. The number of rotatable bonds is 6. The van der Waals surface area contributed by atoms with E-state index in [1.165, 1.54) is 30.4 Å². The zero-order valence-electron chi connectivity index (χ0n) is 10.2. The first-order valence-electron chi connectivity index (χ1n) is 6.01. The lowest BCUT2D eigenvalue weighted by Crippen LogP contribution is -2.25. The van der Waals surface area contributed by atoms with E-state index in [1.807, 2.05) is 0 Å². The second kappa shape index (κ2) is 6.62. The summed E-state index contributed by atoms with van der Waals surface area (Å²) >= 11 is 0. The van der Waals surface area contributed by atoms with Crippen LogP contribution in [0.25, 0.3) is 0 Å². The Morgan fingerprint density at radius 3 is 2.80 bits per heavy atom. The predicted molar refractivity (Wildman–Crippen MR) is 67.0 cm³/mol. The van der Waals surface area contributed by atoms with Crippen LogP contribution in [-0.2, 0) is 6.54 Å². The maximum Gasteiger partial charge on any atom is 0.0208 e. The average molecular weight is 205 g/mol. The van der Waals surface area contributed by atoms with Crippen LogP contribution in [0.1, 0.15) is 44.2 Å². The highest BCUT2D eigenvalue weighted by molar-refractivity contribution is 5.21. The lowest BCUT2D eigenvalue weighted by Gasteiger charge is -2.13. The Kier molecular flexibility index (Phi) is 5.41. The van der Waals surface area contributed by atoms with Crippen LogP contribution in [0.2, 0.25) is 0 Å². The van der Waals surface area contributed by atoms with Gasteiger partial charge in [0.1, 0.15) is 0 Å². The van der Waals surface area contributed by atoms with E-state index in [2.05, 4.69) is 50.4 Å². The molecule has 1 aromatic carbocycles. The molecule has 1 heteroatoms. The fourth-order valence-electron chi connectivity index (χ4n) is 1.73. The summed E-state index contributed by atoms with van der Waals surface area (Å²) in [6.07, 6.45) is 3.89. The van der Waals surface area contributed by atoms with Crippen LogP contribution in [0.4, 0.5) is 0 Å². The Morgan fingerprint density at radius 2 is 2.13 bits per heavy atom. The Bertz CT molecular complexity index is 280. The van der Waals surface area contributed by atoms with E-state index in [9.17, 15) is 0 Å². The minimum absolute atomic E-state index is 0.630. The van der Waals surface area contributed by atoms with E-state index in [-0.39, 0.29) is 0 Å². The summed E-state index contributed by atoms with van der Waals surface area (Å²) in [6, 6.07) is 9.34. The number of benzene rings is 1. The zero-order valence-corrected chi connectivity index (χ0v) is 10.2. The van der Waals surface area contributed by atoms with Crippen molar-refractivity contribution in [2.24, 2.45) is 0 Å². The van der Waals surface area contributed by atoms with Crippen LogP contribution in [-0.4, -0.2) is 6.04 Å². The zero-order chi connectivity index (χ0) is 11.1. The predicted octanol–water partition coefficient (Wildman–Crippen LogP) is 3.66. The fourth-order valence-corrected chi connectivity index (χ4v) is 1.73. The molecule has 0 saturated carbocycles. The molecule has 0 fully saturated rings. The Hall–Kier alpha value is -0.820. The van der Waals surface area contributed by atoms with Gasteiger partial charge in [-0.05, 0) is 25.8 Å². The second-order valence-corrected chi connectivity index (χ2v) is 4.41. The van der Waals surface area contributed by atoms with Gasteiger partial charge in [0.25, 0.3) is 0 Å². The van der Waals surface area contributed by atoms with Crippen molar-refractivity contribution in [1.29, 1.82) is 0 Å². The quantitative estimate of drug-likeness (QED) is 0.747. The molecule has 1 N–H and O–H groups in total. The summed E-state index contributed by atoms with van der Waals surface area (Å²) in [5.74, 6) is 0. The van der Waals surface area contributed by atoms with Crippen LogP contribution in [0.3, 0.4) is 0 Å². The molecule has 1 atom stereocenters. The van der Waals surface area contributed by atoms with E-state index in [1.54, 1.807) is 0 Å². The van der Waals surface area contributed by atoms with Gasteiger partial charge >= 0.3 is 0 Å². The molecule has 15 heavy (non-hydrogen) atoms. The van der Waals surface area contributed by atoms with Crippen molar-refractivity contribution >= 4 is 0 Å². The molecule has 0 bridgehead atoms. The third-order valence-electron chi connectivity index (χ3n) is 2.73. The molecule has 0 heterocycles. The van der Waals surface area contributed by atoms with Gasteiger partial charge in [0, 0.05) is 12.6 Å². The summed E-state index contributed by atoms with van der Waals surface area (Å²) in [7, 11) is 0. The highest BCUT2D eigenvalue weighted by Crippen LogP contribution is 2.05. The smallest absolute Gasteiger partial charge is 0.0208 e. The monoisotopic (exact) mass is 205 g/mol. The van der Waals surface area contributed by atoms with Gasteiger partial charge in [-0.1, -0.05) is 49.6 Å². The molecule has 0 saturated heterocycles. The minimum atomic E-state index is 0.630. The summed E-state index contributed by atoms with van der Waals surface area (Å²) in [6.45, 7) is 7.65. The van der Waals surface area contributed by atoms with Crippen molar-refractivity contribution in [1.82, 2.24) is 5.32 Å². The molecule has 84 valence electrons. The van der Waals surface area contributed by atoms with Gasteiger partial charge < -0.3 is 5.32 Å². The summed E-state index contributed by atoms with van der Waals surface area (Å²) in [4.78, 5) is 0. The molecule has 1 nitrogen and oxygen atoms in total. The molecule has 0 spiro atoms. The third-order valence-corrected chi connectivity index (χ3v) is 2.73. The molecule has 0 aliphatic carbocycles. The molecule has 1 rings (SSSR count). The van der Waals surface area contributed by atoms with E-state index in [4.69, 9.17) is 0 Å². The largest absolute Gasteiger partial charge is 0.310 e. The number of unbranched alkanes of at least 4 members (excludes halogenated alkanes) is 1. The lowest BCUT2D eigenvalue weighted by molar-refractivity contribution is 0.495. The van der Waals surface area contributed by atoms with Crippen LogP contribution in [0.5, 0.6) is 0 Å². The van der Waals surface area contributed by atoms with Gasteiger partial charge in [-0.3, -0.25) is 0 Å². The minimum Gasteiger partial charge on any atom is -0.310 e. The number of hydrogen-bond acceptors (Lipinski definition) is 1. The van der Waals surface area contributed by atoms with Crippen LogP contribution < -0.4 is 5.32 Å². The molecule has 1 unspecified atom stereocenters. The van der Waals surface area contributed by atoms with Gasteiger partial charge in [0.2, 0.25) is 0 Å². The Balaban J connectivity index is 2.30. The SMILES string of the molecule is CCCCC(C)NCc1cccc(C)c1. The molecule has 0 aliphatic heterocycles. The molecule has 0 aliphatic rings. The molecule has 0 aromatic heterocycles. The maximum atomic E-state index is 3.56. The first kappa shape index (κ1) is 12.3. The highest BCUT2D eigenvalue weighted by atomic mass is 14.9. The summed E-state index contributed by atoms with van der Waals surface area (Å²) < 4.78 is 0. The fraction of sp³-hybridized carbons (Fsp3) is 0.571. The average Bonchev–Trinajstić information content (AvgIpc) is 2.23. The first-order valence-corrected chi connectivity index (χ1v) is 6.01. The van der Waals surface area contributed by atoms with E-state index >= 15 is 0 Å². The number of aryl methyl sites for hydroxylation is 1. The van der Waals surface area contributed by atoms with Gasteiger partial charge in [0.15, 0.2) is 0 Å². The molecule has 0 amide bonds. The topological polar surface area (TPSA) is 12.0 Å². The van der Waals surface area contributed by atoms with Crippen molar-refractivity contribution < 1.29 is 0 Å². The summed E-state index contributed by atoms with van der Waals surface area (Å²) in [5, 5.41) is 3.56. The van der Waals surface area contributed by atoms with E-state index in [0.29, 0.717) is 6.04 Å². The van der Waals surface area contributed by atoms with Crippen molar-refractivity contribution in [3.8, 4) is 0 Å².